The van der Waals surface area contributed by atoms with Gasteiger partial charge in [0, 0.05) is 31.5 Å². The second-order valence-corrected chi connectivity index (χ2v) is 7.02. The fraction of sp³-hybridized carbons (Fsp3) is 0.286. The van der Waals surface area contributed by atoms with E-state index in [1.165, 1.54) is 14.7 Å². The quantitative estimate of drug-likeness (QED) is 0.501. The number of fused-ring (bicyclic) bond motifs is 3. The van der Waals surface area contributed by atoms with Gasteiger partial charge in [0.2, 0.25) is 5.78 Å². The number of aryl methyl sites for hydroxylation is 4. The molecular formula is C21H23N5O2. The van der Waals surface area contributed by atoms with E-state index in [2.05, 4.69) is 28.3 Å². The molecule has 4 aromatic rings. The average Bonchev–Trinajstić information content (AvgIpc) is 3.19. The number of nitrogens with zero attached hydrogens (tertiary/aromatic N) is 5. The second kappa shape index (κ2) is 6.67. The lowest BCUT2D eigenvalue weighted by Gasteiger charge is -2.07. The van der Waals surface area contributed by atoms with Crippen LogP contribution in [0.25, 0.3) is 16.9 Å². The molecular weight excluding hydrogens is 354 g/mol. The van der Waals surface area contributed by atoms with Crippen LogP contribution in [0.5, 0.6) is 0 Å². The zero-order valence-corrected chi connectivity index (χ0v) is 16.3. The van der Waals surface area contributed by atoms with Crippen LogP contribution in [-0.4, -0.2) is 23.1 Å². The van der Waals surface area contributed by atoms with Crippen molar-refractivity contribution in [2.75, 3.05) is 0 Å². The number of rotatable bonds is 5. The first-order valence-corrected chi connectivity index (χ1v) is 9.28. The fourth-order valence-electron chi connectivity index (χ4n) is 3.76. The van der Waals surface area contributed by atoms with Gasteiger partial charge < -0.3 is 4.57 Å². The summed E-state index contributed by atoms with van der Waals surface area (Å²) < 4.78 is 6.62. The molecule has 0 amide bonds. The Balaban J connectivity index is 1.96. The number of imidazole rings is 2. The highest BCUT2D eigenvalue weighted by atomic mass is 16.2. The molecule has 0 radical (unpaired) electrons. The van der Waals surface area contributed by atoms with Gasteiger partial charge in [0.1, 0.15) is 0 Å². The molecule has 144 valence electrons. The van der Waals surface area contributed by atoms with Crippen molar-refractivity contribution in [2.45, 2.75) is 33.4 Å². The molecule has 3 aromatic heterocycles. The van der Waals surface area contributed by atoms with Crippen molar-refractivity contribution in [1.82, 2.24) is 23.1 Å². The second-order valence-electron chi connectivity index (χ2n) is 7.02. The summed E-state index contributed by atoms with van der Waals surface area (Å²) in [6.07, 6.45) is 2.41. The lowest BCUT2D eigenvalue weighted by molar-refractivity contribution is 0.666. The maximum Gasteiger partial charge on any atom is 0.332 e. The summed E-state index contributed by atoms with van der Waals surface area (Å²) in [6, 6.07) is 10.3. The molecule has 0 aliphatic rings. The largest absolute Gasteiger partial charge is 0.332 e. The average molecular weight is 377 g/mol. The Hall–Kier alpha value is -3.35. The van der Waals surface area contributed by atoms with Gasteiger partial charge in [-0.3, -0.25) is 18.3 Å². The highest BCUT2D eigenvalue weighted by Gasteiger charge is 2.22. The highest BCUT2D eigenvalue weighted by Crippen LogP contribution is 2.21. The first-order chi connectivity index (χ1) is 13.5. The molecule has 0 unspecified atom stereocenters. The van der Waals surface area contributed by atoms with Crippen LogP contribution in [0.4, 0.5) is 0 Å². The third-order valence-electron chi connectivity index (χ3n) is 5.41. The molecule has 0 bridgehead atoms. The maximum atomic E-state index is 13.1. The first kappa shape index (κ1) is 18.0. The Morgan fingerprint density at radius 1 is 1.07 bits per heavy atom. The monoisotopic (exact) mass is 377 g/mol. The minimum Gasteiger partial charge on any atom is -0.314 e. The number of hydrogen-bond donors (Lipinski definition) is 0. The standard InChI is InChI=1S/C21H23N5O2/c1-5-12-25-19(27)17-18(23(4)21(25)28)22-20-24(14(2)15(3)26(17)20)13-11-16-9-7-6-8-10-16/h5-10H,1,11-13H2,2-4H3. The lowest BCUT2D eigenvalue weighted by Crippen LogP contribution is -2.39. The molecule has 0 N–H and O–H groups in total. The Morgan fingerprint density at radius 2 is 1.79 bits per heavy atom. The van der Waals surface area contributed by atoms with E-state index in [4.69, 9.17) is 0 Å². The molecule has 0 saturated carbocycles. The SMILES string of the molecule is C=CCn1c(=O)c2c(nc3n(CCc4ccccc4)c(C)c(C)n23)n(C)c1=O. The van der Waals surface area contributed by atoms with E-state index in [1.807, 2.05) is 36.4 Å². The van der Waals surface area contributed by atoms with Gasteiger partial charge in [-0.2, -0.15) is 4.98 Å². The van der Waals surface area contributed by atoms with Crippen molar-refractivity contribution in [3.63, 3.8) is 0 Å². The number of allylic oxidation sites excluding steroid dienone is 1. The van der Waals surface area contributed by atoms with Crippen molar-refractivity contribution >= 4 is 16.9 Å². The minimum atomic E-state index is -0.386. The summed E-state index contributed by atoms with van der Waals surface area (Å²) in [7, 11) is 1.65. The highest BCUT2D eigenvalue weighted by molar-refractivity contribution is 5.76. The molecule has 0 spiro atoms. The molecule has 0 atom stereocenters. The summed E-state index contributed by atoms with van der Waals surface area (Å²) in [5, 5.41) is 0. The predicted octanol–water partition coefficient (Wildman–Crippen LogP) is 2.19. The Labute approximate surface area is 161 Å². The van der Waals surface area contributed by atoms with E-state index in [-0.39, 0.29) is 17.8 Å². The van der Waals surface area contributed by atoms with Crippen LogP contribution < -0.4 is 11.2 Å². The topological polar surface area (TPSA) is 66.2 Å². The molecule has 4 rings (SSSR count). The van der Waals surface area contributed by atoms with Crippen LogP contribution in [0.1, 0.15) is 17.0 Å². The molecule has 1 aromatic carbocycles. The van der Waals surface area contributed by atoms with E-state index in [0.717, 1.165) is 24.4 Å². The summed E-state index contributed by atoms with van der Waals surface area (Å²) in [5.74, 6) is 0.685. The van der Waals surface area contributed by atoms with E-state index in [1.54, 1.807) is 13.1 Å². The van der Waals surface area contributed by atoms with Gasteiger partial charge in [-0.15, -0.1) is 6.58 Å². The summed E-state index contributed by atoms with van der Waals surface area (Å²) >= 11 is 0. The van der Waals surface area contributed by atoms with Crippen molar-refractivity contribution in [2.24, 2.45) is 7.05 Å². The van der Waals surface area contributed by atoms with Gasteiger partial charge in [-0.1, -0.05) is 36.4 Å². The van der Waals surface area contributed by atoms with Gasteiger partial charge in [0.15, 0.2) is 11.2 Å². The molecule has 28 heavy (non-hydrogen) atoms. The summed E-state index contributed by atoms with van der Waals surface area (Å²) in [4.78, 5) is 30.3. The normalized spacial score (nSPS) is 11.5. The number of benzene rings is 1. The molecule has 7 heteroatoms. The first-order valence-electron chi connectivity index (χ1n) is 9.28. The molecule has 3 heterocycles. The van der Waals surface area contributed by atoms with E-state index in [9.17, 15) is 9.59 Å². The van der Waals surface area contributed by atoms with Gasteiger partial charge in [0.25, 0.3) is 5.56 Å². The van der Waals surface area contributed by atoms with Crippen LogP contribution in [0.3, 0.4) is 0 Å². The van der Waals surface area contributed by atoms with Gasteiger partial charge in [-0.05, 0) is 25.8 Å². The van der Waals surface area contributed by atoms with E-state index >= 15 is 0 Å². The Kier molecular flexibility index (Phi) is 4.30. The molecule has 0 fully saturated rings. The molecule has 0 aliphatic heterocycles. The van der Waals surface area contributed by atoms with Crippen LogP contribution in [0, 0.1) is 13.8 Å². The van der Waals surface area contributed by atoms with Crippen LogP contribution in [0.15, 0.2) is 52.6 Å². The number of hydrogen-bond acceptors (Lipinski definition) is 3. The predicted molar refractivity (Wildman–Crippen MR) is 110 cm³/mol. The smallest absolute Gasteiger partial charge is 0.314 e. The lowest BCUT2D eigenvalue weighted by atomic mass is 10.1. The third kappa shape index (κ3) is 2.54. The summed E-state index contributed by atoms with van der Waals surface area (Å²) in [6.45, 7) is 8.57. The fourth-order valence-corrected chi connectivity index (χ4v) is 3.76. The van der Waals surface area contributed by atoms with E-state index < -0.39 is 0 Å². The van der Waals surface area contributed by atoms with Crippen molar-refractivity contribution < 1.29 is 0 Å². The van der Waals surface area contributed by atoms with Crippen molar-refractivity contribution in [3.05, 3.63) is 80.8 Å². The molecule has 0 saturated heterocycles. The minimum absolute atomic E-state index is 0.168. The zero-order chi connectivity index (χ0) is 20.0. The van der Waals surface area contributed by atoms with Gasteiger partial charge >= 0.3 is 5.69 Å². The third-order valence-corrected chi connectivity index (χ3v) is 5.41. The summed E-state index contributed by atoms with van der Waals surface area (Å²) in [5.41, 5.74) is 3.36. The van der Waals surface area contributed by atoms with Gasteiger partial charge in [-0.25, -0.2) is 4.79 Å². The molecule has 7 nitrogen and oxygen atoms in total. The molecule has 0 aliphatic carbocycles. The van der Waals surface area contributed by atoms with Crippen molar-refractivity contribution in [1.29, 1.82) is 0 Å². The number of aromatic nitrogens is 5. The Morgan fingerprint density at radius 3 is 2.46 bits per heavy atom. The van der Waals surface area contributed by atoms with E-state index in [0.29, 0.717) is 16.9 Å². The Bertz CT molecular complexity index is 1320. The van der Waals surface area contributed by atoms with Crippen LogP contribution in [-0.2, 0) is 26.6 Å². The van der Waals surface area contributed by atoms with Crippen LogP contribution >= 0.6 is 0 Å². The van der Waals surface area contributed by atoms with Gasteiger partial charge in [0.05, 0.1) is 0 Å². The van der Waals surface area contributed by atoms with Crippen LogP contribution in [0.2, 0.25) is 0 Å². The van der Waals surface area contributed by atoms with Crippen molar-refractivity contribution in [3.8, 4) is 0 Å². The zero-order valence-electron chi connectivity index (χ0n) is 16.3. The maximum absolute atomic E-state index is 13.1.